The molecule has 0 spiro atoms. The fourth-order valence-electron chi connectivity index (χ4n) is 1.24. The third-order valence-corrected chi connectivity index (χ3v) is 2.96. The number of aliphatic hydroxyl groups is 1. The van der Waals surface area contributed by atoms with Gasteiger partial charge in [-0.15, -0.1) is 0 Å². The zero-order chi connectivity index (χ0) is 12.8. The highest BCUT2D eigenvalue weighted by atomic mass is 79.9. The van der Waals surface area contributed by atoms with Gasteiger partial charge in [-0.2, -0.15) is 0 Å². The van der Waals surface area contributed by atoms with Gasteiger partial charge in [0.25, 0.3) is 5.91 Å². The Balaban J connectivity index is 2.66. The second-order valence-corrected chi connectivity index (χ2v) is 4.70. The molecular formula is C12H16BrNO3. The van der Waals surface area contributed by atoms with Crippen molar-refractivity contribution in [1.82, 2.24) is 5.32 Å². The Labute approximate surface area is 109 Å². The van der Waals surface area contributed by atoms with Crippen molar-refractivity contribution in [3.63, 3.8) is 0 Å². The van der Waals surface area contributed by atoms with Crippen LogP contribution < -0.4 is 10.1 Å². The molecule has 1 aromatic carbocycles. The predicted octanol–water partition coefficient (Wildman–Crippen LogP) is 1.82. The zero-order valence-corrected chi connectivity index (χ0v) is 11.5. The van der Waals surface area contributed by atoms with E-state index in [0.717, 1.165) is 4.47 Å². The third-order valence-electron chi connectivity index (χ3n) is 2.34. The average molecular weight is 302 g/mol. The minimum Gasteiger partial charge on any atom is -0.496 e. The normalized spacial score (nSPS) is 12.0. The molecule has 0 aliphatic carbocycles. The Morgan fingerprint density at radius 2 is 2.29 bits per heavy atom. The Morgan fingerprint density at radius 3 is 2.82 bits per heavy atom. The minimum atomic E-state index is -0.159. The van der Waals surface area contributed by atoms with E-state index >= 15 is 0 Å². The number of methoxy groups -OCH3 is 1. The maximum Gasteiger partial charge on any atom is 0.251 e. The first-order chi connectivity index (χ1) is 8.08. The Morgan fingerprint density at radius 1 is 1.59 bits per heavy atom. The van der Waals surface area contributed by atoms with E-state index in [-0.39, 0.29) is 18.4 Å². The number of benzene rings is 1. The van der Waals surface area contributed by atoms with Crippen molar-refractivity contribution in [2.75, 3.05) is 20.3 Å². The molecule has 0 saturated heterocycles. The van der Waals surface area contributed by atoms with E-state index in [0.29, 0.717) is 17.9 Å². The lowest BCUT2D eigenvalue weighted by Crippen LogP contribution is -2.29. The van der Waals surface area contributed by atoms with Crippen molar-refractivity contribution in [3.05, 3.63) is 28.2 Å². The second-order valence-electron chi connectivity index (χ2n) is 3.85. The molecule has 1 atom stereocenters. The lowest BCUT2D eigenvalue weighted by Gasteiger charge is -2.10. The van der Waals surface area contributed by atoms with Gasteiger partial charge in [-0.1, -0.05) is 6.92 Å². The van der Waals surface area contributed by atoms with Crippen molar-refractivity contribution in [2.45, 2.75) is 6.92 Å². The number of ether oxygens (including phenoxy) is 1. The van der Waals surface area contributed by atoms with Crippen LogP contribution in [-0.2, 0) is 0 Å². The fourth-order valence-corrected chi connectivity index (χ4v) is 1.78. The molecule has 1 aromatic rings. The number of nitrogens with one attached hydrogen (secondary N) is 1. The van der Waals surface area contributed by atoms with E-state index in [2.05, 4.69) is 21.2 Å². The number of carbonyl (C=O) groups is 1. The number of hydrogen-bond acceptors (Lipinski definition) is 3. The molecule has 4 nitrogen and oxygen atoms in total. The molecule has 17 heavy (non-hydrogen) atoms. The van der Waals surface area contributed by atoms with Crippen molar-refractivity contribution in [3.8, 4) is 5.75 Å². The Bertz CT molecular complexity index is 395. The zero-order valence-electron chi connectivity index (χ0n) is 9.87. The molecule has 0 bridgehead atoms. The van der Waals surface area contributed by atoms with Crippen LogP contribution in [0, 0.1) is 5.92 Å². The number of hydrogen-bond donors (Lipinski definition) is 2. The summed E-state index contributed by atoms with van der Waals surface area (Å²) in [6.07, 6.45) is 0. The monoisotopic (exact) mass is 301 g/mol. The molecule has 1 rings (SSSR count). The molecule has 0 heterocycles. The van der Waals surface area contributed by atoms with Gasteiger partial charge in [0.15, 0.2) is 0 Å². The predicted molar refractivity (Wildman–Crippen MR) is 69.3 cm³/mol. The van der Waals surface area contributed by atoms with Crippen LogP contribution in [0.4, 0.5) is 0 Å². The Kier molecular flexibility index (Phi) is 5.44. The van der Waals surface area contributed by atoms with E-state index in [1.54, 1.807) is 25.3 Å². The molecule has 0 radical (unpaired) electrons. The van der Waals surface area contributed by atoms with Crippen molar-refractivity contribution in [2.24, 2.45) is 5.92 Å². The summed E-state index contributed by atoms with van der Waals surface area (Å²) in [5.41, 5.74) is 0.558. The highest BCUT2D eigenvalue weighted by Gasteiger charge is 2.09. The molecule has 0 saturated carbocycles. The van der Waals surface area contributed by atoms with Crippen molar-refractivity contribution >= 4 is 21.8 Å². The first kappa shape index (κ1) is 14.0. The van der Waals surface area contributed by atoms with Crippen LogP contribution in [0.3, 0.4) is 0 Å². The highest BCUT2D eigenvalue weighted by Crippen LogP contribution is 2.25. The van der Waals surface area contributed by atoms with Gasteiger partial charge in [0.05, 0.1) is 11.6 Å². The topological polar surface area (TPSA) is 58.6 Å². The van der Waals surface area contributed by atoms with Gasteiger partial charge in [-0.3, -0.25) is 4.79 Å². The van der Waals surface area contributed by atoms with Crippen LogP contribution in [0.25, 0.3) is 0 Å². The molecule has 1 unspecified atom stereocenters. The van der Waals surface area contributed by atoms with Crippen molar-refractivity contribution in [1.29, 1.82) is 0 Å². The molecule has 0 fully saturated rings. The summed E-state index contributed by atoms with van der Waals surface area (Å²) in [6, 6.07) is 5.13. The van der Waals surface area contributed by atoms with Gasteiger partial charge in [0.2, 0.25) is 0 Å². The van der Waals surface area contributed by atoms with E-state index in [4.69, 9.17) is 9.84 Å². The van der Waals surface area contributed by atoms with Crippen LogP contribution in [0.5, 0.6) is 5.75 Å². The summed E-state index contributed by atoms with van der Waals surface area (Å²) >= 11 is 3.32. The summed E-state index contributed by atoms with van der Waals surface area (Å²) in [6.45, 7) is 2.38. The molecular weight excluding hydrogens is 286 g/mol. The highest BCUT2D eigenvalue weighted by molar-refractivity contribution is 9.10. The van der Waals surface area contributed by atoms with Gasteiger partial charge in [0, 0.05) is 18.7 Å². The Hall–Kier alpha value is -1.07. The van der Waals surface area contributed by atoms with Crippen LogP contribution in [0.1, 0.15) is 17.3 Å². The second kappa shape index (κ2) is 6.61. The van der Waals surface area contributed by atoms with Crippen LogP contribution in [0.2, 0.25) is 0 Å². The third kappa shape index (κ3) is 4.02. The smallest absolute Gasteiger partial charge is 0.251 e. The average Bonchev–Trinajstić information content (AvgIpc) is 2.35. The van der Waals surface area contributed by atoms with Crippen LogP contribution in [-0.4, -0.2) is 31.3 Å². The molecule has 94 valence electrons. The van der Waals surface area contributed by atoms with Gasteiger partial charge in [-0.25, -0.2) is 0 Å². The summed E-state index contributed by atoms with van der Waals surface area (Å²) in [7, 11) is 1.57. The lowest BCUT2D eigenvalue weighted by atomic mass is 10.1. The summed E-state index contributed by atoms with van der Waals surface area (Å²) in [4.78, 5) is 11.8. The summed E-state index contributed by atoms with van der Waals surface area (Å²) in [5.74, 6) is 0.583. The van der Waals surface area contributed by atoms with E-state index < -0.39 is 0 Å². The van der Waals surface area contributed by atoms with Crippen LogP contribution in [0.15, 0.2) is 22.7 Å². The summed E-state index contributed by atoms with van der Waals surface area (Å²) in [5, 5.41) is 11.6. The van der Waals surface area contributed by atoms with Gasteiger partial charge in [-0.05, 0) is 40.0 Å². The molecule has 5 heteroatoms. The maximum atomic E-state index is 11.8. The lowest BCUT2D eigenvalue weighted by molar-refractivity contribution is 0.0942. The molecule has 0 aliphatic rings. The molecule has 0 aliphatic heterocycles. The SMILES string of the molecule is COc1ccc(C(=O)NCC(C)CO)cc1Br. The van der Waals surface area contributed by atoms with E-state index in [1.807, 2.05) is 6.92 Å². The minimum absolute atomic E-state index is 0.0561. The maximum absolute atomic E-state index is 11.8. The largest absolute Gasteiger partial charge is 0.496 e. The molecule has 0 aromatic heterocycles. The standard InChI is InChI=1S/C12H16BrNO3/c1-8(7-15)6-14-12(16)9-3-4-11(17-2)10(13)5-9/h3-5,8,15H,6-7H2,1-2H3,(H,14,16). The van der Waals surface area contributed by atoms with Crippen molar-refractivity contribution < 1.29 is 14.6 Å². The number of carbonyl (C=O) groups excluding carboxylic acids is 1. The first-order valence-corrected chi connectivity index (χ1v) is 6.10. The van der Waals surface area contributed by atoms with Gasteiger partial charge < -0.3 is 15.2 Å². The first-order valence-electron chi connectivity index (χ1n) is 5.31. The van der Waals surface area contributed by atoms with Gasteiger partial charge >= 0.3 is 0 Å². The summed E-state index contributed by atoms with van der Waals surface area (Å²) < 4.78 is 5.82. The molecule has 2 N–H and O–H groups in total. The van der Waals surface area contributed by atoms with E-state index in [1.165, 1.54) is 0 Å². The number of amides is 1. The van der Waals surface area contributed by atoms with Gasteiger partial charge in [0.1, 0.15) is 5.75 Å². The number of aliphatic hydroxyl groups excluding tert-OH is 1. The number of halogens is 1. The van der Waals surface area contributed by atoms with E-state index in [9.17, 15) is 4.79 Å². The molecule has 1 amide bonds. The quantitative estimate of drug-likeness (QED) is 0.872. The van der Waals surface area contributed by atoms with Crippen LogP contribution >= 0.6 is 15.9 Å². The fraction of sp³-hybridized carbons (Fsp3) is 0.417. The number of rotatable bonds is 5.